The predicted molar refractivity (Wildman–Crippen MR) is 113 cm³/mol. The fourth-order valence-electron chi connectivity index (χ4n) is 4.56. The van der Waals surface area contributed by atoms with Crippen LogP contribution in [0.5, 0.6) is 5.75 Å². The van der Waals surface area contributed by atoms with Gasteiger partial charge in [0.2, 0.25) is 11.4 Å². The third-order valence-electron chi connectivity index (χ3n) is 5.75. The lowest BCUT2D eigenvalue weighted by atomic mass is 9.72. The Bertz CT molecular complexity index is 1160. The van der Waals surface area contributed by atoms with Gasteiger partial charge >= 0.3 is 0 Å². The van der Waals surface area contributed by atoms with Gasteiger partial charge in [-0.1, -0.05) is 76.6 Å². The fraction of sp³-hybridized carbons (Fsp3) is 0.130. The van der Waals surface area contributed by atoms with E-state index >= 15 is 0 Å². The highest BCUT2D eigenvalue weighted by molar-refractivity contribution is 9.10. The van der Waals surface area contributed by atoms with Gasteiger partial charge in [-0.15, -0.1) is 0 Å². The van der Waals surface area contributed by atoms with E-state index in [1.807, 2.05) is 54.6 Å². The molecule has 0 spiro atoms. The van der Waals surface area contributed by atoms with Crippen molar-refractivity contribution in [2.45, 2.75) is 17.1 Å². The maximum Gasteiger partial charge on any atom is 0.218 e. The minimum atomic E-state index is -2.02. The highest BCUT2D eigenvalue weighted by Crippen LogP contribution is 2.66. The summed E-state index contributed by atoms with van der Waals surface area (Å²) < 4.78 is 7.31. The van der Waals surface area contributed by atoms with Crippen LogP contribution < -0.4 is 4.74 Å². The van der Waals surface area contributed by atoms with Crippen LogP contribution in [0.4, 0.5) is 0 Å². The summed E-state index contributed by atoms with van der Waals surface area (Å²) in [5.41, 5.74) is -1.54. The Morgan fingerprint density at radius 1 is 1.14 bits per heavy atom. The van der Waals surface area contributed by atoms with Crippen LogP contribution >= 0.6 is 27.5 Å². The number of ether oxygens (including phenoxy) is 1. The zero-order valence-corrected chi connectivity index (χ0v) is 17.4. The molecule has 3 aromatic rings. The molecule has 2 aromatic carbocycles. The minimum Gasteiger partial charge on any atom is -0.475 e. The first-order valence-electron chi connectivity index (χ1n) is 9.01. The lowest BCUT2D eigenvalue weighted by Gasteiger charge is -2.38. The summed E-state index contributed by atoms with van der Waals surface area (Å²) in [7, 11) is 0. The number of hydrogen-bond donors (Lipinski definition) is 1. The van der Waals surface area contributed by atoms with Gasteiger partial charge in [0.15, 0.2) is 5.60 Å². The SMILES string of the molecule is C=C1C(=O)C2(O)c3ncc(Cl)cc3OC2(c2ccc(Br)cc2)C1c1ccccc1. The number of ketones is 1. The van der Waals surface area contributed by atoms with Crippen LogP contribution in [-0.2, 0) is 16.0 Å². The average molecular weight is 469 g/mol. The largest absolute Gasteiger partial charge is 0.475 e. The number of rotatable bonds is 2. The Labute approximate surface area is 180 Å². The van der Waals surface area contributed by atoms with Gasteiger partial charge < -0.3 is 9.84 Å². The van der Waals surface area contributed by atoms with Gasteiger partial charge in [0.05, 0.1) is 10.9 Å². The van der Waals surface area contributed by atoms with E-state index in [-0.39, 0.29) is 11.3 Å². The standard InChI is InChI=1S/C23H15BrClNO3/c1-13-19(14-5-3-2-4-6-14)23(15-7-9-16(24)10-8-15)22(28,21(13)27)20-18(29-23)11-17(25)12-26-20/h2-12,19,28H,1H2. The van der Waals surface area contributed by atoms with E-state index in [4.69, 9.17) is 16.3 Å². The van der Waals surface area contributed by atoms with Gasteiger partial charge in [-0.05, 0) is 17.7 Å². The number of carbonyl (C=O) groups is 1. The van der Waals surface area contributed by atoms with Gasteiger partial charge in [-0.2, -0.15) is 0 Å². The van der Waals surface area contributed by atoms with Crippen molar-refractivity contribution in [2.24, 2.45) is 0 Å². The van der Waals surface area contributed by atoms with E-state index in [0.717, 1.165) is 10.0 Å². The topological polar surface area (TPSA) is 59.4 Å². The maximum atomic E-state index is 13.5. The Balaban J connectivity index is 1.86. The Morgan fingerprint density at radius 3 is 2.52 bits per heavy atom. The van der Waals surface area contributed by atoms with E-state index in [9.17, 15) is 9.90 Å². The quantitative estimate of drug-likeness (QED) is 0.544. The zero-order chi connectivity index (χ0) is 20.4. The van der Waals surface area contributed by atoms with Crippen LogP contribution in [0.1, 0.15) is 22.7 Å². The highest BCUT2D eigenvalue weighted by Gasteiger charge is 2.75. The second kappa shape index (κ2) is 6.26. The van der Waals surface area contributed by atoms with Gasteiger partial charge in [0.1, 0.15) is 11.4 Å². The van der Waals surface area contributed by atoms with Gasteiger partial charge in [0, 0.05) is 27.9 Å². The number of hydrogen-bond acceptors (Lipinski definition) is 4. The molecule has 1 N–H and O–H groups in total. The molecule has 1 saturated carbocycles. The molecular weight excluding hydrogens is 454 g/mol. The molecule has 1 aliphatic carbocycles. The van der Waals surface area contributed by atoms with Crippen molar-refractivity contribution in [2.75, 3.05) is 0 Å². The summed E-state index contributed by atoms with van der Waals surface area (Å²) in [6, 6.07) is 18.4. The van der Waals surface area contributed by atoms with Crippen LogP contribution in [0, 0.1) is 0 Å². The van der Waals surface area contributed by atoms with E-state index < -0.39 is 22.9 Å². The number of nitrogens with zero attached hydrogens (tertiary/aromatic N) is 1. The summed E-state index contributed by atoms with van der Waals surface area (Å²) in [5.74, 6) is -0.803. The van der Waals surface area contributed by atoms with E-state index in [2.05, 4.69) is 27.5 Å². The number of Topliss-reactive ketones (excluding diaryl/α,β-unsaturated/α-hetero) is 1. The van der Waals surface area contributed by atoms with E-state index in [1.165, 1.54) is 6.20 Å². The molecule has 3 unspecified atom stereocenters. The summed E-state index contributed by atoms with van der Waals surface area (Å²) in [5, 5.41) is 12.3. The Hall–Kier alpha value is -2.47. The Kier molecular flexibility index (Phi) is 4.01. The average Bonchev–Trinajstić information content (AvgIpc) is 3.07. The molecule has 0 bridgehead atoms. The van der Waals surface area contributed by atoms with Crippen molar-refractivity contribution in [3.63, 3.8) is 0 Å². The van der Waals surface area contributed by atoms with Crippen LogP contribution in [0.3, 0.4) is 0 Å². The first-order chi connectivity index (χ1) is 13.9. The van der Waals surface area contributed by atoms with E-state index in [1.54, 1.807) is 6.07 Å². The molecule has 3 atom stereocenters. The molecule has 1 aromatic heterocycles. The third-order valence-corrected chi connectivity index (χ3v) is 6.49. The van der Waals surface area contributed by atoms with E-state index in [0.29, 0.717) is 16.3 Å². The second-order valence-corrected chi connectivity index (χ2v) is 8.61. The molecule has 0 saturated heterocycles. The number of carbonyl (C=O) groups excluding carboxylic acids is 1. The molecule has 29 heavy (non-hydrogen) atoms. The fourth-order valence-corrected chi connectivity index (χ4v) is 4.97. The number of aliphatic hydroxyl groups is 1. The summed E-state index contributed by atoms with van der Waals surface area (Å²) in [4.78, 5) is 17.8. The number of aromatic nitrogens is 1. The predicted octanol–water partition coefficient (Wildman–Crippen LogP) is 4.90. The van der Waals surface area contributed by atoms with Crippen molar-refractivity contribution >= 4 is 33.3 Å². The number of halogens is 2. The van der Waals surface area contributed by atoms with Crippen molar-refractivity contribution in [1.82, 2.24) is 4.98 Å². The Morgan fingerprint density at radius 2 is 1.83 bits per heavy atom. The molecule has 144 valence electrons. The van der Waals surface area contributed by atoms with Gasteiger partial charge in [-0.25, -0.2) is 0 Å². The second-order valence-electron chi connectivity index (χ2n) is 7.25. The normalized spacial score (nSPS) is 27.5. The molecule has 0 amide bonds. The van der Waals surface area contributed by atoms with Gasteiger partial charge in [0.25, 0.3) is 0 Å². The summed E-state index contributed by atoms with van der Waals surface area (Å²) >= 11 is 9.56. The molecule has 2 heterocycles. The molecule has 4 nitrogen and oxygen atoms in total. The zero-order valence-electron chi connectivity index (χ0n) is 15.1. The van der Waals surface area contributed by atoms with Crippen LogP contribution in [0.15, 0.2) is 83.5 Å². The van der Waals surface area contributed by atoms with Crippen molar-refractivity contribution in [1.29, 1.82) is 0 Å². The molecule has 1 aliphatic heterocycles. The summed E-state index contributed by atoms with van der Waals surface area (Å²) in [6.07, 6.45) is 1.41. The molecule has 1 fully saturated rings. The highest BCUT2D eigenvalue weighted by atomic mass is 79.9. The number of fused-ring (bicyclic) bond motifs is 3. The van der Waals surface area contributed by atoms with Crippen molar-refractivity contribution in [3.8, 4) is 5.75 Å². The molecule has 2 aliphatic rings. The molecular formula is C23H15BrClNO3. The van der Waals surface area contributed by atoms with Crippen LogP contribution in [0.2, 0.25) is 5.02 Å². The van der Waals surface area contributed by atoms with Crippen LogP contribution in [0.25, 0.3) is 0 Å². The lowest BCUT2D eigenvalue weighted by Crippen LogP contribution is -2.51. The smallest absolute Gasteiger partial charge is 0.218 e. The summed E-state index contributed by atoms with van der Waals surface area (Å²) in [6.45, 7) is 4.05. The molecule has 6 heteroatoms. The first-order valence-corrected chi connectivity index (χ1v) is 10.2. The third kappa shape index (κ3) is 2.29. The minimum absolute atomic E-state index is 0.161. The van der Waals surface area contributed by atoms with Crippen molar-refractivity contribution in [3.05, 3.63) is 105 Å². The maximum absolute atomic E-state index is 13.5. The number of benzene rings is 2. The number of pyridine rings is 1. The monoisotopic (exact) mass is 467 g/mol. The molecule has 5 rings (SSSR count). The van der Waals surface area contributed by atoms with Gasteiger partial charge in [-0.3, -0.25) is 9.78 Å². The molecule has 0 radical (unpaired) electrons. The lowest BCUT2D eigenvalue weighted by molar-refractivity contribution is -0.150. The van der Waals surface area contributed by atoms with Crippen molar-refractivity contribution < 1.29 is 14.6 Å². The first kappa shape index (κ1) is 18.6. The van der Waals surface area contributed by atoms with Crippen LogP contribution in [-0.4, -0.2) is 15.9 Å².